The SMILES string of the molecule is CCCNC(=O)C(C)NCc1c(C)nc2sccn12. The molecule has 1 unspecified atom stereocenters. The van der Waals surface area contributed by atoms with Gasteiger partial charge in [-0.15, -0.1) is 11.3 Å². The van der Waals surface area contributed by atoms with E-state index in [-0.39, 0.29) is 11.9 Å². The Morgan fingerprint density at radius 3 is 3.11 bits per heavy atom. The molecule has 0 aliphatic carbocycles. The number of carbonyl (C=O) groups excluding carboxylic acids is 1. The zero-order valence-electron chi connectivity index (χ0n) is 11.6. The van der Waals surface area contributed by atoms with Crippen LogP contribution in [0.1, 0.15) is 31.7 Å². The van der Waals surface area contributed by atoms with E-state index in [4.69, 9.17) is 0 Å². The van der Waals surface area contributed by atoms with E-state index in [1.165, 1.54) is 0 Å². The molecule has 0 bridgehead atoms. The lowest BCUT2D eigenvalue weighted by atomic mass is 10.2. The number of rotatable bonds is 6. The molecule has 2 heterocycles. The molecule has 0 fully saturated rings. The van der Waals surface area contributed by atoms with E-state index in [9.17, 15) is 4.79 Å². The van der Waals surface area contributed by atoms with Gasteiger partial charge in [-0.1, -0.05) is 6.92 Å². The molecule has 0 aromatic carbocycles. The zero-order chi connectivity index (χ0) is 13.8. The first-order valence-electron chi connectivity index (χ1n) is 6.55. The van der Waals surface area contributed by atoms with Crippen molar-refractivity contribution in [1.29, 1.82) is 0 Å². The number of hydrogen-bond acceptors (Lipinski definition) is 4. The van der Waals surface area contributed by atoms with Crippen molar-refractivity contribution in [3.8, 4) is 0 Å². The fraction of sp³-hybridized carbons (Fsp3) is 0.538. The molecule has 2 rings (SSSR count). The second kappa shape index (κ2) is 6.16. The average molecular weight is 280 g/mol. The number of imidazole rings is 1. The summed E-state index contributed by atoms with van der Waals surface area (Å²) in [5.41, 5.74) is 2.13. The van der Waals surface area contributed by atoms with Crippen molar-refractivity contribution >= 4 is 22.2 Å². The summed E-state index contributed by atoms with van der Waals surface area (Å²) >= 11 is 1.62. The minimum absolute atomic E-state index is 0.0468. The normalized spacial score (nSPS) is 12.8. The third kappa shape index (κ3) is 3.13. The van der Waals surface area contributed by atoms with Gasteiger partial charge in [-0.3, -0.25) is 9.20 Å². The molecule has 0 radical (unpaired) electrons. The molecule has 1 amide bonds. The van der Waals surface area contributed by atoms with Crippen molar-refractivity contribution in [2.75, 3.05) is 6.54 Å². The minimum atomic E-state index is -0.199. The predicted molar refractivity (Wildman–Crippen MR) is 77.4 cm³/mol. The lowest BCUT2D eigenvalue weighted by Gasteiger charge is -2.13. The van der Waals surface area contributed by atoms with Gasteiger partial charge < -0.3 is 10.6 Å². The monoisotopic (exact) mass is 280 g/mol. The second-order valence-corrected chi connectivity index (χ2v) is 5.47. The van der Waals surface area contributed by atoms with E-state index in [0.717, 1.165) is 29.3 Å². The Morgan fingerprint density at radius 1 is 1.58 bits per heavy atom. The third-order valence-corrected chi connectivity index (χ3v) is 3.84. The number of fused-ring (bicyclic) bond motifs is 1. The smallest absolute Gasteiger partial charge is 0.236 e. The molecular formula is C13H20N4OS. The highest BCUT2D eigenvalue weighted by Gasteiger charge is 2.14. The van der Waals surface area contributed by atoms with Crippen LogP contribution in [-0.2, 0) is 11.3 Å². The number of nitrogens with one attached hydrogen (secondary N) is 2. The Balaban J connectivity index is 1.96. The van der Waals surface area contributed by atoms with E-state index < -0.39 is 0 Å². The first kappa shape index (κ1) is 14.0. The van der Waals surface area contributed by atoms with Gasteiger partial charge >= 0.3 is 0 Å². The molecule has 0 saturated carbocycles. The van der Waals surface area contributed by atoms with Crippen LogP contribution in [0.15, 0.2) is 11.6 Å². The van der Waals surface area contributed by atoms with Gasteiger partial charge in [-0.2, -0.15) is 0 Å². The van der Waals surface area contributed by atoms with Gasteiger partial charge in [0.15, 0.2) is 4.96 Å². The van der Waals surface area contributed by atoms with E-state index >= 15 is 0 Å². The molecule has 1 atom stereocenters. The maximum absolute atomic E-state index is 11.8. The molecule has 5 nitrogen and oxygen atoms in total. The topological polar surface area (TPSA) is 58.4 Å². The third-order valence-electron chi connectivity index (χ3n) is 3.08. The van der Waals surface area contributed by atoms with Crippen LogP contribution in [0.4, 0.5) is 0 Å². The van der Waals surface area contributed by atoms with E-state index in [1.807, 2.05) is 32.3 Å². The Bertz CT molecular complexity index is 560. The predicted octanol–water partition coefficient (Wildman–Crippen LogP) is 1.71. The van der Waals surface area contributed by atoms with Gasteiger partial charge in [0.1, 0.15) is 0 Å². The standard InChI is InChI=1S/C13H20N4OS/c1-4-5-14-12(18)10(3)15-8-11-9(2)16-13-17(11)6-7-19-13/h6-7,10,15H,4-5,8H2,1-3H3,(H,14,18). The number of hydrogen-bond donors (Lipinski definition) is 2. The highest BCUT2D eigenvalue weighted by Crippen LogP contribution is 2.16. The fourth-order valence-electron chi connectivity index (χ4n) is 1.90. The molecule has 2 N–H and O–H groups in total. The van der Waals surface area contributed by atoms with Crippen molar-refractivity contribution in [3.05, 3.63) is 23.0 Å². The van der Waals surface area contributed by atoms with Gasteiger partial charge in [0.2, 0.25) is 5.91 Å². The van der Waals surface area contributed by atoms with Crippen LogP contribution in [0, 0.1) is 6.92 Å². The number of thiazole rings is 1. The summed E-state index contributed by atoms with van der Waals surface area (Å²) in [5, 5.41) is 8.15. The number of amides is 1. The lowest BCUT2D eigenvalue weighted by molar-refractivity contribution is -0.122. The number of aromatic nitrogens is 2. The minimum Gasteiger partial charge on any atom is -0.355 e. The number of carbonyl (C=O) groups is 1. The Morgan fingerprint density at radius 2 is 2.37 bits per heavy atom. The van der Waals surface area contributed by atoms with E-state index in [2.05, 4.69) is 20.0 Å². The quantitative estimate of drug-likeness (QED) is 0.847. The van der Waals surface area contributed by atoms with Crippen molar-refractivity contribution in [2.45, 2.75) is 39.8 Å². The first-order chi connectivity index (χ1) is 9.13. The van der Waals surface area contributed by atoms with Gasteiger partial charge in [-0.25, -0.2) is 4.98 Å². The molecule has 19 heavy (non-hydrogen) atoms. The molecule has 0 aliphatic heterocycles. The van der Waals surface area contributed by atoms with Crippen molar-refractivity contribution in [2.24, 2.45) is 0 Å². The Labute approximate surface area is 117 Å². The Hall–Kier alpha value is -1.40. The summed E-state index contributed by atoms with van der Waals surface area (Å²) in [6, 6.07) is -0.199. The van der Waals surface area contributed by atoms with Crippen LogP contribution in [0.2, 0.25) is 0 Å². The van der Waals surface area contributed by atoms with Gasteiger partial charge in [-0.05, 0) is 20.3 Å². The van der Waals surface area contributed by atoms with Crippen LogP contribution in [0.3, 0.4) is 0 Å². The highest BCUT2D eigenvalue weighted by molar-refractivity contribution is 7.15. The van der Waals surface area contributed by atoms with Gasteiger partial charge in [0.25, 0.3) is 0 Å². The van der Waals surface area contributed by atoms with Crippen molar-refractivity contribution < 1.29 is 4.79 Å². The maximum atomic E-state index is 11.8. The zero-order valence-corrected chi connectivity index (χ0v) is 12.4. The van der Waals surface area contributed by atoms with Crippen molar-refractivity contribution in [3.63, 3.8) is 0 Å². The summed E-state index contributed by atoms with van der Waals surface area (Å²) in [4.78, 5) is 17.2. The van der Waals surface area contributed by atoms with Crippen LogP contribution in [0.5, 0.6) is 0 Å². The van der Waals surface area contributed by atoms with Gasteiger partial charge in [0, 0.05) is 24.7 Å². The summed E-state index contributed by atoms with van der Waals surface area (Å²) in [7, 11) is 0. The second-order valence-electron chi connectivity index (χ2n) is 4.59. The molecule has 2 aromatic heterocycles. The van der Waals surface area contributed by atoms with Crippen LogP contribution in [-0.4, -0.2) is 27.9 Å². The summed E-state index contributed by atoms with van der Waals surface area (Å²) in [5.74, 6) is 0.0468. The molecule has 2 aromatic rings. The maximum Gasteiger partial charge on any atom is 0.236 e. The average Bonchev–Trinajstić information content (AvgIpc) is 2.94. The van der Waals surface area contributed by atoms with Gasteiger partial charge in [0.05, 0.1) is 17.4 Å². The van der Waals surface area contributed by atoms with Crippen LogP contribution in [0.25, 0.3) is 4.96 Å². The number of nitrogens with zero attached hydrogens (tertiary/aromatic N) is 2. The summed E-state index contributed by atoms with van der Waals surface area (Å²) < 4.78 is 2.07. The first-order valence-corrected chi connectivity index (χ1v) is 7.43. The summed E-state index contributed by atoms with van der Waals surface area (Å²) in [6.45, 7) is 7.29. The molecule has 6 heteroatoms. The fourth-order valence-corrected chi connectivity index (χ4v) is 2.68. The molecule has 104 valence electrons. The molecule has 0 aliphatic rings. The van der Waals surface area contributed by atoms with E-state index in [0.29, 0.717) is 6.54 Å². The molecule has 0 spiro atoms. The number of aryl methyl sites for hydroxylation is 1. The molecule has 0 saturated heterocycles. The van der Waals surface area contributed by atoms with Crippen LogP contribution >= 0.6 is 11.3 Å². The molecular weight excluding hydrogens is 260 g/mol. The highest BCUT2D eigenvalue weighted by atomic mass is 32.1. The van der Waals surface area contributed by atoms with Crippen molar-refractivity contribution in [1.82, 2.24) is 20.0 Å². The largest absolute Gasteiger partial charge is 0.355 e. The van der Waals surface area contributed by atoms with Crippen LogP contribution < -0.4 is 10.6 Å². The Kier molecular flexibility index (Phi) is 4.55. The summed E-state index contributed by atoms with van der Waals surface area (Å²) in [6.07, 6.45) is 2.97. The van der Waals surface area contributed by atoms with E-state index in [1.54, 1.807) is 11.3 Å². The lowest BCUT2D eigenvalue weighted by Crippen LogP contribution is -2.42.